The van der Waals surface area contributed by atoms with Gasteiger partial charge in [0, 0.05) is 6.54 Å². The maximum atomic E-state index is 10.3. The first-order valence-electron chi connectivity index (χ1n) is 2.21. The minimum atomic E-state index is -0.322. The molecule has 7 heavy (non-hydrogen) atoms. The molecule has 0 spiro atoms. The van der Waals surface area contributed by atoms with Crippen molar-refractivity contribution in [1.82, 2.24) is 5.32 Å². The number of nitrogens with one attached hydrogen (secondary N) is 1. The predicted molar refractivity (Wildman–Crippen MR) is 23.9 cm³/mol. The molecule has 1 fully saturated rings. The van der Waals surface area contributed by atoms with Gasteiger partial charge in [-0.25, -0.2) is 0 Å². The molecule has 1 rings (SSSR count). The maximum absolute atomic E-state index is 10.3. The topological polar surface area (TPSA) is 59.2 Å². The molecule has 0 aliphatic carbocycles. The highest BCUT2D eigenvalue weighted by atomic mass is 16.3. The van der Waals surface area contributed by atoms with Crippen LogP contribution in [0.2, 0.25) is 0 Å². The van der Waals surface area contributed by atoms with Gasteiger partial charge in [-0.15, -0.1) is 0 Å². The van der Waals surface area contributed by atoms with Crippen molar-refractivity contribution >= 4 is 5.78 Å². The van der Waals surface area contributed by atoms with Crippen molar-refractivity contribution in [3.63, 3.8) is 0 Å². The molecule has 1 aliphatic rings. The minimum absolute atomic E-state index is 0.0231. The molecule has 0 unspecified atom stereocenters. The zero-order valence-corrected chi connectivity index (χ0v) is 3.85. The molecule has 0 radical (unpaired) electrons. The number of ketones is 1. The Hall–Kier alpha value is -0.410. The molecule has 0 aromatic rings. The smallest absolute Gasteiger partial charge is 0.176 e. The first-order valence-corrected chi connectivity index (χ1v) is 2.21. The minimum Gasteiger partial charge on any atom is -0.389 e. The van der Waals surface area contributed by atoms with Crippen LogP contribution in [0.1, 0.15) is 0 Å². The number of aliphatic hydroxyl groups excluding tert-OH is 1. The van der Waals surface area contributed by atoms with Gasteiger partial charge in [-0.2, -0.15) is 0 Å². The third-order valence-electron chi connectivity index (χ3n) is 0.953. The summed E-state index contributed by atoms with van der Waals surface area (Å²) in [6, 6.07) is -0.0231. The third kappa shape index (κ3) is 0.976. The Morgan fingerprint density at radius 2 is 2.57 bits per heavy atom. The Bertz CT molecular complexity index is 87.7. The highest BCUT2D eigenvalue weighted by Gasteiger charge is 2.27. The van der Waals surface area contributed by atoms with Crippen molar-refractivity contribution in [3.8, 4) is 0 Å². The first-order chi connectivity index (χ1) is 3.34. The normalized spacial score (nSPS) is 27.3. The van der Waals surface area contributed by atoms with Crippen LogP contribution in [0.4, 0.5) is 0 Å². The fourth-order valence-electron chi connectivity index (χ4n) is 0.397. The number of carbonyl (C=O) groups is 1. The van der Waals surface area contributed by atoms with E-state index in [0.717, 1.165) is 6.54 Å². The highest BCUT2D eigenvalue weighted by Crippen LogP contribution is 1.95. The quantitative estimate of drug-likeness (QED) is 0.417. The summed E-state index contributed by atoms with van der Waals surface area (Å²) < 4.78 is 0. The number of hydrogen-bond donors (Lipinski definition) is 2. The molecule has 0 bridgehead atoms. The van der Waals surface area contributed by atoms with E-state index in [0.29, 0.717) is 0 Å². The Balaban J connectivity index is 2.24. The van der Waals surface area contributed by atoms with Crippen LogP contribution in [0, 0.1) is 0 Å². The summed E-state index contributed by atoms with van der Waals surface area (Å²) in [7, 11) is 0. The zero-order valence-electron chi connectivity index (χ0n) is 3.85. The summed E-state index contributed by atoms with van der Waals surface area (Å²) in [6.07, 6.45) is 0. The van der Waals surface area contributed by atoms with Crippen molar-refractivity contribution in [2.24, 2.45) is 0 Å². The molecule has 0 amide bonds. The van der Waals surface area contributed by atoms with Crippen LogP contribution in [-0.2, 0) is 4.79 Å². The highest BCUT2D eigenvalue weighted by molar-refractivity contribution is 5.87. The third-order valence-corrected chi connectivity index (χ3v) is 0.953. The average Bonchev–Trinajstić information content (AvgIpc) is 2.44. The monoisotopic (exact) mass is 101 g/mol. The van der Waals surface area contributed by atoms with Gasteiger partial charge < -0.3 is 10.4 Å². The standard InChI is InChI=1S/C4H7NO2/c6-2-4(7)3-1-5-3/h3,5-6H,1-2H2/t3-/m0/s1. The van der Waals surface area contributed by atoms with Gasteiger partial charge in [0.25, 0.3) is 0 Å². The fourth-order valence-corrected chi connectivity index (χ4v) is 0.397. The van der Waals surface area contributed by atoms with Crippen molar-refractivity contribution in [1.29, 1.82) is 0 Å². The van der Waals surface area contributed by atoms with E-state index < -0.39 is 0 Å². The Morgan fingerprint density at radius 1 is 2.00 bits per heavy atom. The second kappa shape index (κ2) is 1.60. The molecule has 40 valence electrons. The Kier molecular flexibility index (Phi) is 1.08. The van der Waals surface area contributed by atoms with Gasteiger partial charge in [-0.3, -0.25) is 4.79 Å². The zero-order chi connectivity index (χ0) is 5.28. The van der Waals surface area contributed by atoms with Gasteiger partial charge in [0.1, 0.15) is 6.61 Å². The van der Waals surface area contributed by atoms with Crippen molar-refractivity contribution in [3.05, 3.63) is 0 Å². The number of Topliss-reactive ketones (excluding diaryl/α,β-unsaturated/α-hetero) is 1. The molecule has 3 nitrogen and oxygen atoms in total. The van der Waals surface area contributed by atoms with E-state index in [1.54, 1.807) is 0 Å². The summed E-state index contributed by atoms with van der Waals surface area (Å²) >= 11 is 0. The van der Waals surface area contributed by atoms with Crippen LogP contribution in [0.15, 0.2) is 0 Å². The Morgan fingerprint density at radius 3 is 2.71 bits per heavy atom. The second-order valence-electron chi connectivity index (χ2n) is 1.59. The molecule has 3 heteroatoms. The lowest BCUT2D eigenvalue weighted by Crippen LogP contribution is -2.13. The average molecular weight is 101 g/mol. The predicted octanol–water partition coefficient (Wildman–Crippen LogP) is -1.48. The number of hydrogen-bond acceptors (Lipinski definition) is 3. The van der Waals surface area contributed by atoms with Crippen LogP contribution in [0.5, 0.6) is 0 Å². The van der Waals surface area contributed by atoms with Gasteiger partial charge in [0.2, 0.25) is 0 Å². The van der Waals surface area contributed by atoms with Crippen molar-refractivity contribution in [2.45, 2.75) is 6.04 Å². The van der Waals surface area contributed by atoms with E-state index in [-0.39, 0.29) is 18.4 Å². The molecule has 0 aromatic heterocycles. The fraction of sp³-hybridized carbons (Fsp3) is 0.750. The number of rotatable bonds is 2. The van der Waals surface area contributed by atoms with Crippen LogP contribution in [0.3, 0.4) is 0 Å². The summed E-state index contributed by atoms with van der Waals surface area (Å²) in [5.41, 5.74) is 0. The lowest BCUT2D eigenvalue weighted by Gasteiger charge is -1.83. The van der Waals surface area contributed by atoms with E-state index in [1.165, 1.54) is 0 Å². The maximum Gasteiger partial charge on any atom is 0.176 e. The largest absolute Gasteiger partial charge is 0.389 e. The molecule has 0 aromatic carbocycles. The van der Waals surface area contributed by atoms with Crippen molar-refractivity contribution < 1.29 is 9.90 Å². The molecule has 1 aliphatic heterocycles. The summed E-state index contributed by atoms with van der Waals surface area (Å²) in [6.45, 7) is 0.428. The molecule has 1 saturated heterocycles. The van der Waals surface area contributed by atoms with E-state index in [9.17, 15) is 4.79 Å². The van der Waals surface area contributed by atoms with Crippen LogP contribution >= 0.6 is 0 Å². The lowest BCUT2D eigenvalue weighted by atomic mass is 10.3. The van der Waals surface area contributed by atoms with Crippen LogP contribution in [0.25, 0.3) is 0 Å². The first kappa shape index (κ1) is 4.74. The van der Waals surface area contributed by atoms with Gasteiger partial charge >= 0.3 is 0 Å². The van der Waals surface area contributed by atoms with Gasteiger partial charge in [-0.1, -0.05) is 0 Å². The summed E-state index contributed by atoms with van der Waals surface area (Å²) in [4.78, 5) is 10.3. The summed E-state index contributed by atoms with van der Waals surface area (Å²) in [5.74, 6) is -0.0972. The molecule has 1 heterocycles. The van der Waals surface area contributed by atoms with Crippen LogP contribution < -0.4 is 5.32 Å². The van der Waals surface area contributed by atoms with Gasteiger partial charge in [-0.05, 0) is 0 Å². The van der Waals surface area contributed by atoms with E-state index >= 15 is 0 Å². The SMILES string of the molecule is O=C(CO)[C@@H]1CN1. The molecule has 1 atom stereocenters. The van der Waals surface area contributed by atoms with Crippen LogP contribution in [-0.4, -0.2) is 30.1 Å². The van der Waals surface area contributed by atoms with E-state index in [4.69, 9.17) is 5.11 Å². The van der Waals surface area contributed by atoms with Gasteiger partial charge in [0.15, 0.2) is 5.78 Å². The van der Waals surface area contributed by atoms with E-state index in [1.807, 2.05) is 0 Å². The number of aliphatic hydroxyl groups is 1. The molecular formula is C4H7NO2. The van der Waals surface area contributed by atoms with Crippen molar-refractivity contribution in [2.75, 3.05) is 13.2 Å². The lowest BCUT2D eigenvalue weighted by molar-refractivity contribution is -0.121. The molecule has 2 N–H and O–H groups in total. The second-order valence-corrected chi connectivity index (χ2v) is 1.59. The molecule has 0 saturated carbocycles. The van der Waals surface area contributed by atoms with E-state index in [2.05, 4.69) is 5.32 Å². The number of carbonyl (C=O) groups excluding carboxylic acids is 1. The Labute approximate surface area is 41.3 Å². The molecular weight excluding hydrogens is 94.0 g/mol. The van der Waals surface area contributed by atoms with Gasteiger partial charge in [0.05, 0.1) is 6.04 Å². The summed E-state index contributed by atoms with van der Waals surface area (Å²) in [5, 5.41) is 10.9.